The number of amides is 1. The second-order valence-electron chi connectivity index (χ2n) is 10.8. The highest BCUT2D eigenvalue weighted by Gasteiger charge is 2.27. The van der Waals surface area contributed by atoms with E-state index in [9.17, 15) is 13.2 Å². The third-order valence-corrected chi connectivity index (χ3v) is 9.40. The van der Waals surface area contributed by atoms with Crippen LogP contribution in [0.25, 0.3) is 21.8 Å². The first-order chi connectivity index (χ1) is 20.6. The minimum atomic E-state index is -3.21. The maximum atomic E-state index is 11.8. The van der Waals surface area contributed by atoms with Crippen LogP contribution < -0.4 is 16.0 Å². The number of nitrogens with one attached hydrogen (secondary N) is 3. The fourth-order valence-corrected chi connectivity index (χ4v) is 6.63. The standard InChI is InChI=1S/C28H34ClN9O4S/c1-30-24-16-32-27(34-20-8-10-37(11-9-20)43(3,40)41)36-26(24)19-15-33-38(17-19)25-7-4-18(12-23(25)29)14-31-21-5-6-22(13-21)35-28(39)42-2/h4,7,12,15-17,20-22,31H,5-6,8-11,13-14H2,2-3H3,(H,35,39)(H,32,34,36)/t21-,22-/m1/s1. The Morgan fingerprint density at radius 3 is 2.63 bits per heavy atom. The highest BCUT2D eigenvalue weighted by Crippen LogP contribution is 2.31. The number of piperidine rings is 1. The van der Waals surface area contributed by atoms with Gasteiger partial charge in [0.2, 0.25) is 21.7 Å². The van der Waals surface area contributed by atoms with E-state index in [0.717, 1.165) is 24.8 Å². The molecular weight excluding hydrogens is 594 g/mol. The van der Waals surface area contributed by atoms with Crippen molar-refractivity contribution >= 4 is 39.4 Å². The minimum absolute atomic E-state index is 0.0193. The third kappa shape index (κ3) is 7.61. The molecule has 228 valence electrons. The summed E-state index contributed by atoms with van der Waals surface area (Å²) in [7, 11) is -1.84. The maximum Gasteiger partial charge on any atom is 0.407 e. The van der Waals surface area contributed by atoms with Crippen LogP contribution in [0.1, 0.15) is 37.7 Å². The number of nitrogens with zero attached hydrogens (tertiary/aromatic N) is 6. The third-order valence-electron chi connectivity index (χ3n) is 7.80. The second-order valence-corrected chi connectivity index (χ2v) is 13.2. The monoisotopic (exact) mass is 627 g/mol. The zero-order chi connectivity index (χ0) is 30.6. The van der Waals surface area contributed by atoms with Gasteiger partial charge < -0.3 is 20.7 Å². The number of aromatic nitrogens is 4. The molecule has 13 nitrogen and oxygen atoms in total. The normalized spacial score (nSPS) is 19.6. The van der Waals surface area contributed by atoms with Crippen LogP contribution in [-0.4, -0.2) is 83.1 Å². The summed E-state index contributed by atoms with van der Waals surface area (Å²) in [5.74, 6) is 0.373. The number of carbonyl (C=O) groups excluding carboxylic acids is 1. The minimum Gasteiger partial charge on any atom is -0.453 e. The summed E-state index contributed by atoms with van der Waals surface area (Å²) >= 11 is 6.67. The highest BCUT2D eigenvalue weighted by atomic mass is 35.5. The van der Waals surface area contributed by atoms with Crippen molar-refractivity contribution < 1.29 is 17.9 Å². The van der Waals surface area contributed by atoms with E-state index >= 15 is 0 Å². The van der Waals surface area contributed by atoms with E-state index in [2.05, 4.69) is 40.6 Å². The first kappa shape index (κ1) is 30.7. The van der Waals surface area contributed by atoms with E-state index in [1.54, 1.807) is 17.1 Å². The fourth-order valence-electron chi connectivity index (χ4n) is 5.46. The number of sulfonamides is 1. The lowest BCUT2D eigenvalue weighted by molar-refractivity contribution is 0.166. The van der Waals surface area contributed by atoms with Gasteiger partial charge >= 0.3 is 6.09 Å². The molecule has 3 aromatic rings. The van der Waals surface area contributed by atoms with Gasteiger partial charge in [0.1, 0.15) is 0 Å². The van der Waals surface area contributed by atoms with E-state index in [0.29, 0.717) is 72.1 Å². The molecule has 1 aromatic carbocycles. The average molecular weight is 628 g/mol. The van der Waals surface area contributed by atoms with Crippen LogP contribution in [0.5, 0.6) is 0 Å². The molecule has 0 unspecified atom stereocenters. The molecule has 0 spiro atoms. The van der Waals surface area contributed by atoms with Crippen molar-refractivity contribution in [2.24, 2.45) is 0 Å². The summed E-state index contributed by atoms with van der Waals surface area (Å²) in [6, 6.07) is 6.20. The number of halogens is 1. The lowest BCUT2D eigenvalue weighted by atomic mass is 10.1. The van der Waals surface area contributed by atoms with Crippen LogP contribution in [0, 0.1) is 6.57 Å². The molecule has 5 rings (SSSR count). The van der Waals surface area contributed by atoms with Gasteiger partial charge in [-0.3, -0.25) is 0 Å². The molecule has 1 saturated heterocycles. The molecule has 0 radical (unpaired) electrons. The molecule has 15 heteroatoms. The Balaban J connectivity index is 1.23. The van der Waals surface area contributed by atoms with Gasteiger partial charge in [-0.2, -0.15) is 5.10 Å². The van der Waals surface area contributed by atoms with Gasteiger partial charge in [-0.15, -0.1) is 0 Å². The van der Waals surface area contributed by atoms with Gasteiger partial charge in [-0.25, -0.2) is 37.0 Å². The topological polar surface area (TPSA) is 148 Å². The molecule has 1 amide bonds. The number of carbonyl (C=O) groups is 1. The predicted octanol–water partition coefficient (Wildman–Crippen LogP) is 3.74. The van der Waals surface area contributed by atoms with Gasteiger partial charge in [-0.1, -0.05) is 17.7 Å². The summed E-state index contributed by atoms with van der Waals surface area (Å²) in [6.07, 6.45) is 9.68. The van der Waals surface area contributed by atoms with E-state index in [1.165, 1.54) is 23.9 Å². The number of hydrogen-bond donors (Lipinski definition) is 3. The van der Waals surface area contributed by atoms with Crippen LogP contribution in [0.15, 0.2) is 36.8 Å². The molecule has 43 heavy (non-hydrogen) atoms. The first-order valence-electron chi connectivity index (χ1n) is 14.0. The average Bonchev–Trinajstić information content (AvgIpc) is 3.66. The smallest absolute Gasteiger partial charge is 0.407 e. The quantitative estimate of drug-likeness (QED) is 0.302. The summed E-state index contributed by atoms with van der Waals surface area (Å²) < 4.78 is 31.4. The number of rotatable bonds is 9. The Morgan fingerprint density at radius 1 is 1.16 bits per heavy atom. The Bertz CT molecular complexity index is 1620. The van der Waals surface area contributed by atoms with Crippen molar-refractivity contribution in [1.82, 2.24) is 34.7 Å². The summed E-state index contributed by atoms with van der Waals surface area (Å²) in [5.41, 5.74) is 3.09. The van der Waals surface area contributed by atoms with Crippen LogP contribution in [0.2, 0.25) is 5.02 Å². The number of ether oxygens (including phenoxy) is 1. The molecule has 0 bridgehead atoms. The van der Waals surface area contributed by atoms with E-state index < -0.39 is 16.1 Å². The Hall–Kier alpha value is -3.77. The van der Waals surface area contributed by atoms with E-state index in [4.69, 9.17) is 18.2 Å². The molecule has 1 aliphatic carbocycles. The molecule has 2 aliphatic rings. The van der Waals surface area contributed by atoms with Crippen molar-refractivity contribution in [1.29, 1.82) is 0 Å². The highest BCUT2D eigenvalue weighted by molar-refractivity contribution is 7.88. The van der Waals surface area contributed by atoms with Crippen molar-refractivity contribution in [3.63, 3.8) is 0 Å². The van der Waals surface area contributed by atoms with Crippen LogP contribution >= 0.6 is 11.6 Å². The number of alkyl carbamates (subject to hydrolysis) is 1. The lowest BCUT2D eigenvalue weighted by Gasteiger charge is -2.30. The van der Waals surface area contributed by atoms with Crippen LogP contribution in [0.4, 0.5) is 16.4 Å². The SMILES string of the molecule is [C-]#[N+]c1cnc(NC2CCN(S(C)(=O)=O)CC2)nc1-c1cnn(-c2ccc(CN[C@@H]3CC[C@@H](NC(=O)OC)C3)cc2Cl)c1. The van der Waals surface area contributed by atoms with Crippen molar-refractivity contribution in [2.75, 3.05) is 31.8 Å². The molecule has 3 N–H and O–H groups in total. The Labute approximate surface area is 255 Å². The molecule has 1 saturated carbocycles. The largest absolute Gasteiger partial charge is 0.453 e. The summed E-state index contributed by atoms with van der Waals surface area (Å²) in [6.45, 7) is 9.10. The maximum absolute atomic E-state index is 11.8. The first-order valence-corrected chi connectivity index (χ1v) is 16.2. The van der Waals surface area contributed by atoms with Gasteiger partial charge in [0.05, 0.1) is 42.5 Å². The van der Waals surface area contributed by atoms with E-state index in [1.807, 2.05) is 18.2 Å². The van der Waals surface area contributed by atoms with Gasteiger partial charge in [0.15, 0.2) is 0 Å². The Kier molecular flexibility index (Phi) is 9.46. The van der Waals surface area contributed by atoms with Crippen molar-refractivity contribution in [3.8, 4) is 16.9 Å². The summed E-state index contributed by atoms with van der Waals surface area (Å²) in [5, 5.41) is 14.7. The number of anilines is 1. The van der Waals surface area contributed by atoms with Gasteiger partial charge in [0.25, 0.3) is 0 Å². The molecule has 2 atom stereocenters. The number of methoxy groups -OCH3 is 1. The fraction of sp³-hybridized carbons (Fsp3) is 0.464. The summed E-state index contributed by atoms with van der Waals surface area (Å²) in [4.78, 5) is 24.0. The van der Waals surface area contributed by atoms with Crippen LogP contribution in [-0.2, 0) is 21.3 Å². The number of benzene rings is 1. The van der Waals surface area contributed by atoms with Gasteiger partial charge in [0, 0.05) is 55.7 Å². The molecule has 2 aromatic heterocycles. The molecule has 3 heterocycles. The van der Waals surface area contributed by atoms with Crippen molar-refractivity contribution in [2.45, 2.75) is 56.8 Å². The van der Waals surface area contributed by atoms with Crippen LogP contribution in [0.3, 0.4) is 0 Å². The molecular formula is C28H34ClN9O4S. The zero-order valence-corrected chi connectivity index (χ0v) is 25.5. The van der Waals surface area contributed by atoms with Crippen molar-refractivity contribution in [3.05, 3.63) is 58.8 Å². The Morgan fingerprint density at radius 2 is 1.93 bits per heavy atom. The van der Waals surface area contributed by atoms with Gasteiger partial charge in [-0.05, 0) is 49.8 Å². The predicted molar refractivity (Wildman–Crippen MR) is 163 cm³/mol. The van der Waals surface area contributed by atoms with E-state index in [-0.39, 0.29) is 12.1 Å². The lowest BCUT2D eigenvalue weighted by Crippen LogP contribution is -2.42. The zero-order valence-electron chi connectivity index (χ0n) is 24.0. The molecule has 2 fully saturated rings. The second kappa shape index (κ2) is 13.3. The number of hydrogen-bond acceptors (Lipinski definition) is 9. The molecule has 1 aliphatic heterocycles.